The van der Waals surface area contributed by atoms with Crippen molar-refractivity contribution in [2.24, 2.45) is 29.1 Å². The molecule has 1 aliphatic heterocycles. The normalized spacial score (nSPS) is 26.7. The van der Waals surface area contributed by atoms with E-state index in [2.05, 4.69) is 31.6 Å². The van der Waals surface area contributed by atoms with Crippen LogP contribution >= 0.6 is 11.8 Å². The molecule has 7 rings (SSSR count). The van der Waals surface area contributed by atoms with Gasteiger partial charge in [-0.05, 0) is 117 Å². The number of fused-ring (bicyclic) bond motifs is 2. The molecule has 1 aromatic rings. The average Bonchev–Trinajstić information content (AvgIpc) is 3.82. The second kappa shape index (κ2) is 19.3. The fraction of sp³-hybridized carbons (Fsp3) is 0.659. The number of likely N-dealkylation sites (N-methyl/N-ethyl adjacent to an activating group) is 1. The number of esters is 1. The molecule has 8 N–H and O–H groups in total. The van der Waals surface area contributed by atoms with E-state index in [1.165, 1.54) is 17.3 Å². The number of aliphatic hydroxyl groups is 1. The highest BCUT2D eigenvalue weighted by molar-refractivity contribution is 8.00. The van der Waals surface area contributed by atoms with Crippen LogP contribution in [0, 0.1) is 29.1 Å². The number of thioether (sulfide) groups is 1. The van der Waals surface area contributed by atoms with Crippen molar-refractivity contribution in [3.8, 4) is 0 Å². The summed E-state index contributed by atoms with van der Waals surface area (Å²) in [5, 5.41) is 42.6. The van der Waals surface area contributed by atoms with Crippen LogP contribution in [-0.2, 0) is 35.1 Å². The maximum absolute atomic E-state index is 14.4. The fourth-order valence-electron chi connectivity index (χ4n) is 10.3. The molecule has 0 aromatic carbocycles. The largest absolute Gasteiger partial charge is 0.480 e. The van der Waals surface area contributed by atoms with Gasteiger partial charge in [-0.25, -0.2) is 4.79 Å². The monoisotopic (exact) mass is 810 g/mol. The van der Waals surface area contributed by atoms with Gasteiger partial charge >= 0.3 is 17.9 Å². The van der Waals surface area contributed by atoms with Crippen LogP contribution < -0.4 is 26.6 Å². The Morgan fingerprint density at radius 1 is 0.982 bits per heavy atom. The summed E-state index contributed by atoms with van der Waals surface area (Å²) < 4.78 is 6.56. The number of carbonyl (C=O) groups excluding carboxylic acids is 3. The van der Waals surface area contributed by atoms with E-state index in [1.54, 1.807) is 19.4 Å². The van der Waals surface area contributed by atoms with Crippen molar-refractivity contribution in [3.63, 3.8) is 0 Å². The third-order valence-electron chi connectivity index (χ3n) is 13.0. The van der Waals surface area contributed by atoms with Gasteiger partial charge in [-0.2, -0.15) is 0 Å². The lowest BCUT2D eigenvalue weighted by molar-refractivity contribution is -0.151. The number of hydrogen-bond donors (Lipinski definition) is 8. The molecular weight excluding hydrogens is 753 g/mol. The molecule has 2 bridgehead atoms. The van der Waals surface area contributed by atoms with Crippen LogP contribution in [-0.4, -0.2) is 107 Å². The number of ether oxygens (including phenoxy) is 1. The van der Waals surface area contributed by atoms with E-state index in [1.807, 2.05) is 19.2 Å². The smallest absolute Gasteiger partial charge is 0.353 e. The Balaban J connectivity index is 1.37. The van der Waals surface area contributed by atoms with Gasteiger partial charge in [0.25, 0.3) is 0 Å². The van der Waals surface area contributed by atoms with Gasteiger partial charge in [-0.1, -0.05) is 31.3 Å². The third kappa shape index (κ3) is 9.73. The van der Waals surface area contributed by atoms with Gasteiger partial charge in [-0.3, -0.25) is 29.5 Å². The van der Waals surface area contributed by atoms with Gasteiger partial charge in [0, 0.05) is 37.8 Å². The standard InChI is InChI=1S/C41H58N6O9S/c1-42-20-28-25(17-24-11-15-44-16-12-24)19-26-18-23-5-7-27(8-6-23)41(13-3-4-14-41)35(34-32(26)33(28)40(55)56-34)57-21-30(36(49)47-37(50)39(53)54)46-31(48)10-9-29(38(51)52)45-22-43-2/h11-12,15-16,23,26-27,29-30,33,35,37,42-43,45,50H,3-10,13-14,17-22H2,1-2H3,(H,46,48)(H,47,49)(H,51,52)(H,53,54). The minimum Gasteiger partial charge on any atom is -0.480 e. The van der Waals surface area contributed by atoms with Crippen molar-refractivity contribution in [1.29, 1.82) is 0 Å². The van der Waals surface area contributed by atoms with Crippen LogP contribution in [0.4, 0.5) is 0 Å². The third-order valence-corrected chi connectivity index (χ3v) is 14.5. The van der Waals surface area contributed by atoms with Gasteiger partial charge in [0.05, 0.1) is 5.25 Å². The Bertz CT molecular complexity index is 1710. The van der Waals surface area contributed by atoms with Gasteiger partial charge in [-0.15, -0.1) is 11.8 Å². The number of carbonyl (C=O) groups is 5. The number of aliphatic carboxylic acids is 2. The summed E-state index contributed by atoms with van der Waals surface area (Å²) in [5.41, 5.74) is 4.26. The molecule has 2 heterocycles. The summed E-state index contributed by atoms with van der Waals surface area (Å²) in [5.74, 6) is -3.34. The molecular formula is C41H58N6O9S. The van der Waals surface area contributed by atoms with Gasteiger partial charge in [0.2, 0.25) is 18.0 Å². The molecule has 6 aliphatic rings. The van der Waals surface area contributed by atoms with Crippen LogP contribution in [0.25, 0.3) is 0 Å². The molecule has 1 spiro atoms. The van der Waals surface area contributed by atoms with Crippen molar-refractivity contribution in [2.75, 3.05) is 33.1 Å². The number of nitrogens with zero attached hydrogens (tertiary/aromatic N) is 1. The van der Waals surface area contributed by atoms with E-state index in [9.17, 15) is 39.3 Å². The average molecular weight is 811 g/mol. The zero-order valence-electron chi connectivity index (χ0n) is 32.9. The Kier molecular flexibility index (Phi) is 14.5. The van der Waals surface area contributed by atoms with Crippen molar-refractivity contribution in [1.82, 2.24) is 31.6 Å². The summed E-state index contributed by atoms with van der Waals surface area (Å²) in [4.78, 5) is 69.0. The minimum atomic E-state index is -2.20. The number of allylic oxidation sites excluding steroid dienone is 1. The summed E-state index contributed by atoms with van der Waals surface area (Å²) in [6, 6.07) is 1.74. The van der Waals surface area contributed by atoms with E-state index in [-0.39, 0.29) is 47.8 Å². The summed E-state index contributed by atoms with van der Waals surface area (Å²) in [6.07, 6.45) is 11.9. The number of nitrogens with one attached hydrogen (secondary N) is 5. The van der Waals surface area contributed by atoms with Gasteiger partial charge in [0.1, 0.15) is 23.8 Å². The molecule has 0 saturated heterocycles. The number of carboxylic acid groups (broad SMARTS) is 2. The molecule has 2 saturated carbocycles. The van der Waals surface area contributed by atoms with Crippen molar-refractivity contribution in [3.05, 3.63) is 52.6 Å². The maximum atomic E-state index is 14.4. The first-order valence-electron chi connectivity index (χ1n) is 20.4. The number of carboxylic acids is 2. The number of pyridine rings is 1. The molecule has 6 unspecified atom stereocenters. The molecule has 15 nitrogen and oxygen atoms in total. The summed E-state index contributed by atoms with van der Waals surface area (Å²) in [6.45, 7) is 0.743. The lowest BCUT2D eigenvalue weighted by atomic mass is 9.59. The van der Waals surface area contributed by atoms with Gasteiger partial charge in [0.15, 0.2) is 0 Å². The zero-order valence-corrected chi connectivity index (χ0v) is 33.7. The highest BCUT2D eigenvalue weighted by atomic mass is 32.2. The minimum absolute atomic E-state index is 0.00219. The molecule has 2 fully saturated rings. The topological polar surface area (TPSA) is 228 Å². The van der Waals surface area contributed by atoms with E-state index in [4.69, 9.17) is 4.74 Å². The van der Waals surface area contributed by atoms with Crippen molar-refractivity contribution in [2.45, 2.75) is 107 Å². The lowest BCUT2D eigenvalue weighted by Gasteiger charge is -2.49. The number of rotatable bonds is 18. The van der Waals surface area contributed by atoms with Crippen molar-refractivity contribution >= 4 is 41.5 Å². The second-order valence-corrected chi connectivity index (χ2v) is 17.5. The first-order chi connectivity index (χ1) is 27.4. The predicted molar refractivity (Wildman–Crippen MR) is 212 cm³/mol. The molecule has 5 aliphatic carbocycles. The van der Waals surface area contributed by atoms with E-state index >= 15 is 0 Å². The van der Waals surface area contributed by atoms with Crippen LogP contribution in [0.15, 0.2) is 47.0 Å². The number of aliphatic hydroxyl groups excluding tert-OH is 1. The van der Waals surface area contributed by atoms with Crippen molar-refractivity contribution < 1.29 is 44.0 Å². The quantitative estimate of drug-likeness (QED) is 0.0606. The van der Waals surface area contributed by atoms with E-state index < -0.39 is 48.0 Å². The van der Waals surface area contributed by atoms with Crippen LogP contribution in [0.1, 0.15) is 82.6 Å². The Morgan fingerprint density at radius 3 is 2.35 bits per heavy atom. The molecule has 0 radical (unpaired) electrons. The maximum Gasteiger partial charge on any atom is 0.353 e. The number of amides is 2. The Hall–Kier alpha value is -3.83. The molecule has 57 heavy (non-hydrogen) atoms. The first kappa shape index (κ1) is 42.8. The molecule has 312 valence electrons. The zero-order chi connectivity index (χ0) is 40.7. The van der Waals surface area contributed by atoms with E-state index in [0.29, 0.717) is 30.6 Å². The number of aromatic nitrogens is 1. The Morgan fingerprint density at radius 2 is 1.70 bits per heavy atom. The molecule has 6 atom stereocenters. The first-order valence-corrected chi connectivity index (χ1v) is 21.4. The highest BCUT2D eigenvalue weighted by Crippen LogP contribution is 2.62. The predicted octanol–water partition coefficient (Wildman–Crippen LogP) is 2.46. The van der Waals surface area contributed by atoms with E-state index in [0.717, 1.165) is 80.9 Å². The molecule has 16 heteroatoms. The van der Waals surface area contributed by atoms with Crippen LogP contribution in [0.5, 0.6) is 0 Å². The lowest BCUT2D eigenvalue weighted by Crippen LogP contribution is -2.53. The SMILES string of the molecule is CNCNC(CCC(=O)NC(CSC1C2=C3C(CC(Cc4ccncc4)=C(CNC)C3C(=O)O2)CC2CCC(CC2)C12CCCC2)C(=O)NC(O)C(=O)O)C(=O)O. The van der Waals surface area contributed by atoms with Crippen LogP contribution in [0.3, 0.4) is 0 Å². The van der Waals surface area contributed by atoms with Crippen LogP contribution in [0.2, 0.25) is 0 Å². The highest BCUT2D eigenvalue weighted by Gasteiger charge is 2.56. The summed E-state index contributed by atoms with van der Waals surface area (Å²) >= 11 is 1.46. The van der Waals surface area contributed by atoms with Gasteiger partial charge < -0.3 is 41.3 Å². The Labute approximate surface area is 338 Å². The fourth-order valence-corrected chi connectivity index (χ4v) is 12.0. The second-order valence-electron chi connectivity index (χ2n) is 16.4. The molecule has 1 aromatic heterocycles. The summed E-state index contributed by atoms with van der Waals surface area (Å²) in [7, 11) is 3.54. The number of hydrogen-bond acceptors (Lipinski definition) is 12. The molecule has 2 amide bonds.